The fourth-order valence-corrected chi connectivity index (χ4v) is 5.27. The highest BCUT2D eigenvalue weighted by Crippen LogP contribution is 2.27. The standard InChI is InChI=1S/C33H39N7O7/c1-46-27-18-23(17-22-11-5-6-12-24(22)27)29(42)39-30(43)25(13-7-15-36-32(34)35)38-31(44)26-14-8-16-40(26)28(41)19-37-33(45)47-20-21-9-3-2-4-10-21/h2-6,9-12,17-18,25-26H,7-8,13-16,19-20H2,1H3,(H,37,45)(H,38,44)(H4,34,35,36)(H,39,42,43)/t25-,26-/m0/s1. The number of nitrogens with zero attached hydrogens (tertiary/aromatic N) is 1. The Morgan fingerprint density at radius 2 is 1.77 bits per heavy atom. The van der Waals surface area contributed by atoms with Gasteiger partial charge in [0, 0.05) is 24.0 Å². The first kappa shape index (κ1) is 34.2. The van der Waals surface area contributed by atoms with Gasteiger partial charge in [0.15, 0.2) is 5.96 Å². The molecule has 47 heavy (non-hydrogen) atoms. The van der Waals surface area contributed by atoms with Gasteiger partial charge in [-0.15, -0.1) is 0 Å². The first-order valence-electron chi connectivity index (χ1n) is 15.2. The summed E-state index contributed by atoms with van der Waals surface area (Å²) in [4.78, 5) is 66.5. The molecular weight excluding hydrogens is 606 g/mol. The molecule has 0 unspecified atom stereocenters. The number of carbonyl (C=O) groups is 5. The van der Waals surface area contributed by atoms with Crippen LogP contribution in [-0.2, 0) is 25.7 Å². The van der Waals surface area contributed by atoms with E-state index in [4.69, 9.17) is 20.6 Å². The third-order valence-electron chi connectivity index (χ3n) is 7.63. The van der Waals surface area contributed by atoms with Gasteiger partial charge in [-0.2, -0.15) is 0 Å². The molecule has 14 nitrogen and oxygen atoms in total. The Bertz CT molecular complexity index is 1620. The zero-order valence-electron chi connectivity index (χ0n) is 26.0. The van der Waals surface area contributed by atoms with E-state index in [9.17, 15) is 24.0 Å². The Labute approximate surface area is 271 Å². The molecule has 2 atom stereocenters. The highest BCUT2D eigenvalue weighted by Gasteiger charge is 2.36. The molecule has 7 N–H and O–H groups in total. The smallest absolute Gasteiger partial charge is 0.407 e. The molecule has 0 aromatic heterocycles. The molecule has 0 radical (unpaired) electrons. The van der Waals surface area contributed by atoms with Crippen LogP contribution in [0.2, 0.25) is 0 Å². The molecule has 0 saturated carbocycles. The third kappa shape index (κ3) is 9.66. The van der Waals surface area contributed by atoms with E-state index in [1.54, 1.807) is 18.2 Å². The molecule has 14 heteroatoms. The first-order chi connectivity index (χ1) is 22.7. The number of hydrogen-bond donors (Lipinski definition) is 6. The lowest BCUT2D eigenvalue weighted by atomic mass is 10.0. The summed E-state index contributed by atoms with van der Waals surface area (Å²) < 4.78 is 10.6. The van der Waals surface area contributed by atoms with Crippen molar-refractivity contribution in [1.29, 1.82) is 5.41 Å². The second-order valence-electron chi connectivity index (χ2n) is 10.9. The summed E-state index contributed by atoms with van der Waals surface area (Å²) in [6, 6.07) is 17.6. The van der Waals surface area contributed by atoms with Crippen LogP contribution in [0.3, 0.4) is 0 Å². The SMILES string of the molecule is COc1cc(C(=O)NC(=O)[C@H](CCCNC(=N)N)NC(=O)[C@@H]2CCCN2C(=O)CNC(=O)OCc2ccccc2)cc2ccccc12. The molecule has 1 heterocycles. The lowest BCUT2D eigenvalue weighted by Gasteiger charge is -2.26. The summed E-state index contributed by atoms with van der Waals surface area (Å²) in [5.74, 6) is -2.24. The largest absolute Gasteiger partial charge is 0.496 e. The zero-order chi connectivity index (χ0) is 33.8. The normalized spacial score (nSPS) is 14.5. The van der Waals surface area contributed by atoms with E-state index in [1.807, 2.05) is 42.5 Å². The number of carbonyl (C=O) groups excluding carboxylic acids is 5. The molecule has 3 aromatic carbocycles. The van der Waals surface area contributed by atoms with Gasteiger partial charge in [-0.25, -0.2) is 4.79 Å². The number of alkyl carbamates (subject to hydrolysis) is 1. The number of ether oxygens (including phenoxy) is 2. The quantitative estimate of drug-likeness (QED) is 0.0909. The molecule has 248 valence electrons. The number of fused-ring (bicyclic) bond motifs is 1. The van der Waals surface area contributed by atoms with Gasteiger partial charge in [0.1, 0.15) is 31.0 Å². The Hall–Kier alpha value is -5.66. The van der Waals surface area contributed by atoms with Crippen molar-refractivity contribution in [2.75, 3.05) is 26.7 Å². The van der Waals surface area contributed by atoms with Crippen molar-refractivity contribution < 1.29 is 33.4 Å². The van der Waals surface area contributed by atoms with Gasteiger partial charge in [-0.3, -0.25) is 29.9 Å². The number of likely N-dealkylation sites (tertiary alicyclic amines) is 1. The van der Waals surface area contributed by atoms with Crippen LogP contribution < -0.4 is 31.7 Å². The summed E-state index contributed by atoms with van der Waals surface area (Å²) >= 11 is 0. The lowest BCUT2D eigenvalue weighted by molar-refractivity contribution is -0.138. The predicted octanol–water partition coefficient (Wildman–Crippen LogP) is 1.77. The van der Waals surface area contributed by atoms with Crippen LogP contribution in [0.1, 0.15) is 41.6 Å². The number of imide groups is 1. The minimum absolute atomic E-state index is 0.0396. The van der Waals surface area contributed by atoms with Crippen LogP contribution in [0.25, 0.3) is 10.8 Å². The number of amides is 5. The van der Waals surface area contributed by atoms with Gasteiger partial charge in [-0.05, 0) is 48.8 Å². The van der Waals surface area contributed by atoms with Crippen molar-refractivity contribution in [3.8, 4) is 5.75 Å². The molecular formula is C33H39N7O7. The Morgan fingerprint density at radius 1 is 1.02 bits per heavy atom. The zero-order valence-corrected chi connectivity index (χ0v) is 26.0. The highest BCUT2D eigenvalue weighted by molar-refractivity contribution is 6.09. The molecule has 1 aliphatic heterocycles. The number of benzene rings is 3. The van der Waals surface area contributed by atoms with Crippen molar-refractivity contribution in [1.82, 2.24) is 26.2 Å². The maximum Gasteiger partial charge on any atom is 0.407 e. The van der Waals surface area contributed by atoms with Crippen molar-refractivity contribution in [3.63, 3.8) is 0 Å². The predicted molar refractivity (Wildman–Crippen MR) is 173 cm³/mol. The second kappa shape index (κ2) is 16.6. The maximum absolute atomic E-state index is 13.4. The molecule has 4 rings (SSSR count). The van der Waals surface area contributed by atoms with E-state index in [-0.39, 0.29) is 37.6 Å². The number of hydrogen-bond acceptors (Lipinski definition) is 8. The fraction of sp³-hybridized carbons (Fsp3) is 0.333. The second-order valence-corrected chi connectivity index (χ2v) is 10.9. The van der Waals surface area contributed by atoms with Gasteiger partial charge in [0.05, 0.1) is 7.11 Å². The van der Waals surface area contributed by atoms with E-state index in [0.717, 1.165) is 16.3 Å². The molecule has 0 aliphatic carbocycles. The van der Waals surface area contributed by atoms with Crippen molar-refractivity contribution in [3.05, 3.63) is 77.9 Å². The Balaban J connectivity index is 1.38. The van der Waals surface area contributed by atoms with E-state index < -0.39 is 41.8 Å². The number of nitrogens with one attached hydrogen (secondary N) is 5. The summed E-state index contributed by atoms with van der Waals surface area (Å²) in [6.07, 6.45) is 0.572. The highest BCUT2D eigenvalue weighted by atomic mass is 16.5. The first-order valence-corrected chi connectivity index (χ1v) is 15.2. The van der Waals surface area contributed by atoms with Gasteiger partial charge >= 0.3 is 6.09 Å². The van der Waals surface area contributed by atoms with E-state index >= 15 is 0 Å². The van der Waals surface area contributed by atoms with Crippen LogP contribution in [0.15, 0.2) is 66.7 Å². The van der Waals surface area contributed by atoms with Gasteiger partial charge in [0.2, 0.25) is 17.7 Å². The van der Waals surface area contributed by atoms with Crippen LogP contribution in [0, 0.1) is 5.41 Å². The van der Waals surface area contributed by atoms with Crippen molar-refractivity contribution in [2.24, 2.45) is 5.73 Å². The van der Waals surface area contributed by atoms with Crippen LogP contribution in [0.4, 0.5) is 4.79 Å². The Kier molecular flexibility index (Phi) is 12.1. The number of guanidine groups is 1. The fourth-order valence-electron chi connectivity index (χ4n) is 5.27. The van der Waals surface area contributed by atoms with Crippen LogP contribution >= 0.6 is 0 Å². The number of rotatable bonds is 13. The average Bonchev–Trinajstić information content (AvgIpc) is 3.58. The summed E-state index contributed by atoms with van der Waals surface area (Å²) in [6.45, 7) is 0.212. The minimum Gasteiger partial charge on any atom is -0.496 e. The topological polar surface area (TPSA) is 205 Å². The summed E-state index contributed by atoms with van der Waals surface area (Å²) in [5, 5.41) is 19.0. The molecule has 0 spiro atoms. The minimum atomic E-state index is -1.13. The number of methoxy groups -OCH3 is 1. The van der Waals surface area contributed by atoms with E-state index in [0.29, 0.717) is 31.6 Å². The molecule has 0 bridgehead atoms. The van der Waals surface area contributed by atoms with E-state index in [2.05, 4.69) is 21.3 Å². The monoisotopic (exact) mass is 645 g/mol. The van der Waals surface area contributed by atoms with Crippen LogP contribution in [-0.4, -0.2) is 79.4 Å². The average molecular weight is 646 g/mol. The molecule has 1 aliphatic rings. The van der Waals surface area contributed by atoms with E-state index in [1.165, 1.54) is 18.1 Å². The van der Waals surface area contributed by atoms with Crippen molar-refractivity contribution in [2.45, 2.75) is 44.4 Å². The Morgan fingerprint density at radius 3 is 2.51 bits per heavy atom. The third-order valence-corrected chi connectivity index (χ3v) is 7.63. The maximum atomic E-state index is 13.4. The van der Waals surface area contributed by atoms with Crippen molar-refractivity contribution >= 4 is 46.5 Å². The van der Waals surface area contributed by atoms with Gasteiger partial charge < -0.3 is 36.1 Å². The van der Waals surface area contributed by atoms with Crippen LogP contribution in [0.5, 0.6) is 5.75 Å². The lowest BCUT2D eigenvalue weighted by Crippen LogP contribution is -2.54. The number of nitrogens with two attached hydrogens (primary N) is 1. The molecule has 5 amide bonds. The molecule has 1 fully saturated rings. The van der Waals surface area contributed by atoms with Gasteiger partial charge in [-0.1, -0.05) is 54.6 Å². The molecule has 3 aromatic rings. The van der Waals surface area contributed by atoms with Gasteiger partial charge in [0.25, 0.3) is 5.91 Å². The summed E-state index contributed by atoms with van der Waals surface area (Å²) in [7, 11) is 1.49. The molecule has 1 saturated heterocycles. The summed E-state index contributed by atoms with van der Waals surface area (Å²) in [5.41, 5.74) is 6.34.